The standard InChI is InChI=1S/C8H11N3O/c1-12-8-5-10-7-4-9-3-2-6(7)11-8/h5,9H,2-4H2,1H3. The van der Waals surface area contributed by atoms with Gasteiger partial charge in [-0.15, -0.1) is 0 Å². The molecule has 0 fully saturated rings. The fourth-order valence-corrected chi connectivity index (χ4v) is 1.29. The Morgan fingerprint density at radius 3 is 3.25 bits per heavy atom. The lowest BCUT2D eigenvalue weighted by Crippen LogP contribution is -2.25. The number of fused-ring (bicyclic) bond motifs is 1. The second-order valence-electron chi connectivity index (χ2n) is 2.73. The van der Waals surface area contributed by atoms with Crippen molar-refractivity contribution in [2.45, 2.75) is 13.0 Å². The molecule has 0 saturated heterocycles. The van der Waals surface area contributed by atoms with Crippen molar-refractivity contribution in [2.75, 3.05) is 13.7 Å². The maximum atomic E-state index is 4.99. The van der Waals surface area contributed by atoms with Crippen LogP contribution in [0.5, 0.6) is 5.88 Å². The van der Waals surface area contributed by atoms with E-state index in [9.17, 15) is 0 Å². The minimum Gasteiger partial charge on any atom is -0.480 e. The quantitative estimate of drug-likeness (QED) is 0.642. The van der Waals surface area contributed by atoms with Crippen molar-refractivity contribution >= 4 is 0 Å². The second-order valence-corrected chi connectivity index (χ2v) is 2.73. The van der Waals surface area contributed by atoms with Crippen molar-refractivity contribution in [2.24, 2.45) is 0 Å². The van der Waals surface area contributed by atoms with E-state index in [4.69, 9.17) is 4.74 Å². The van der Waals surface area contributed by atoms with E-state index < -0.39 is 0 Å². The summed E-state index contributed by atoms with van der Waals surface area (Å²) < 4.78 is 4.99. The highest BCUT2D eigenvalue weighted by molar-refractivity contribution is 5.19. The zero-order valence-electron chi connectivity index (χ0n) is 7.00. The molecule has 1 aliphatic heterocycles. The molecule has 1 aromatic heterocycles. The molecule has 0 aliphatic carbocycles. The van der Waals surface area contributed by atoms with Crippen LogP contribution in [-0.4, -0.2) is 23.6 Å². The molecular weight excluding hydrogens is 154 g/mol. The summed E-state index contributed by atoms with van der Waals surface area (Å²) in [5.74, 6) is 0.607. The second kappa shape index (κ2) is 3.06. The van der Waals surface area contributed by atoms with Crippen LogP contribution in [0.2, 0.25) is 0 Å². The van der Waals surface area contributed by atoms with Gasteiger partial charge in [0.15, 0.2) is 0 Å². The third-order valence-corrected chi connectivity index (χ3v) is 1.95. The fourth-order valence-electron chi connectivity index (χ4n) is 1.29. The van der Waals surface area contributed by atoms with Crippen molar-refractivity contribution in [1.29, 1.82) is 0 Å². The topological polar surface area (TPSA) is 47.0 Å². The largest absolute Gasteiger partial charge is 0.480 e. The minimum absolute atomic E-state index is 0.607. The van der Waals surface area contributed by atoms with Crippen molar-refractivity contribution in [1.82, 2.24) is 15.3 Å². The van der Waals surface area contributed by atoms with Crippen molar-refractivity contribution in [3.63, 3.8) is 0 Å². The summed E-state index contributed by atoms with van der Waals surface area (Å²) in [6.07, 6.45) is 2.60. The molecule has 0 radical (unpaired) electrons. The molecule has 2 heterocycles. The molecule has 1 aliphatic rings. The number of hydrogen-bond donors (Lipinski definition) is 1. The van der Waals surface area contributed by atoms with Gasteiger partial charge in [-0.05, 0) is 0 Å². The maximum Gasteiger partial charge on any atom is 0.232 e. The van der Waals surface area contributed by atoms with Crippen molar-refractivity contribution in [3.05, 3.63) is 17.6 Å². The van der Waals surface area contributed by atoms with Crippen LogP contribution in [0.3, 0.4) is 0 Å². The molecule has 1 aromatic rings. The van der Waals surface area contributed by atoms with Crippen LogP contribution < -0.4 is 10.1 Å². The summed E-state index contributed by atoms with van der Waals surface area (Å²) >= 11 is 0. The number of hydrogen-bond acceptors (Lipinski definition) is 4. The molecule has 0 unspecified atom stereocenters. The molecule has 64 valence electrons. The molecule has 2 rings (SSSR count). The van der Waals surface area contributed by atoms with E-state index in [1.165, 1.54) is 0 Å². The predicted octanol–water partition coefficient (Wildman–Crippen LogP) is 0.131. The van der Waals surface area contributed by atoms with Gasteiger partial charge in [0.25, 0.3) is 0 Å². The van der Waals surface area contributed by atoms with Crippen LogP contribution in [0, 0.1) is 0 Å². The van der Waals surface area contributed by atoms with Crippen LogP contribution in [0.15, 0.2) is 6.20 Å². The van der Waals surface area contributed by atoms with Gasteiger partial charge in [-0.25, -0.2) is 4.98 Å². The van der Waals surface area contributed by atoms with Crippen LogP contribution in [0.25, 0.3) is 0 Å². The van der Waals surface area contributed by atoms with Crippen LogP contribution >= 0.6 is 0 Å². The first-order chi connectivity index (χ1) is 5.90. The number of nitrogens with one attached hydrogen (secondary N) is 1. The molecule has 1 N–H and O–H groups in total. The molecule has 4 nitrogen and oxygen atoms in total. The van der Waals surface area contributed by atoms with Crippen LogP contribution in [0.1, 0.15) is 11.4 Å². The predicted molar refractivity (Wildman–Crippen MR) is 44.0 cm³/mol. The Morgan fingerprint density at radius 1 is 1.50 bits per heavy atom. The SMILES string of the molecule is COc1cnc2c(n1)CCNC2. The van der Waals surface area contributed by atoms with E-state index in [1.807, 2.05) is 0 Å². The van der Waals surface area contributed by atoms with E-state index >= 15 is 0 Å². The maximum absolute atomic E-state index is 4.99. The first kappa shape index (κ1) is 7.49. The zero-order chi connectivity index (χ0) is 8.39. The Hall–Kier alpha value is -1.16. The summed E-state index contributed by atoms with van der Waals surface area (Å²) in [6, 6.07) is 0. The Bertz CT molecular complexity index is 288. The van der Waals surface area contributed by atoms with Crippen molar-refractivity contribution < 1.29 is 4.74 Å². The molecule has 12 heavy (non-hydrogen) atoms. The summed E-state index contributed by atoms with van der Waals surface area (Å²) in [7, 11) is 1.61. The molecular formula is C8H11N3O. The first-order valence-electron chi connectivity index (χ1n) is 3.99. The molecule has 0 spiro atoms. The van der Waals surface area contributed by atoms with Gasteiger partial charge >= 0.3 is 0 Å². The van der Waals surface area contributed by atoms with Gasteiger partial charge in [-0.1, -0.05) is 0 Å². The minimum atomic E-state index is 0.607. The molecule has 4 heteroatoms. The van der Waals surface area contributed by atoms with E-state index in [-0.39, 0.29) is 0 Å². The lowest BCUT2D eigenvalue weighted by Gasteiger charge is -2.14. The third-order valence-electron chi connectivity index (χ3n) is 1.95. The summed E-state index contributed by atoms with van der Waals surface area (Å²) in [5, 5.41) is 3.24. The van der Waals surface area contributed by atoms with Gasteiger partial charge in [0.1, 0.15) is 0 Å². The highest BCUT2D eigenvalue weighted by atomic mass is 16.5. The van der Waals surface area contributed by atoms with Gasteiger partial charge in [-0.3, -0.25) is 4.98 Å². The lowest BCUT2D eigenvalue weighted by molar-refractivity contribution is 0.391. The summed E-state index contributed by atoms with van der Waals surface area (Å²) in [6.45, 7) is 1.81. The smallest absolute Gasteiger partial charge is 0.232 e. The molecule has 0 bridgehead atoms. The van der Waals surface area contributed by atoms with E-state index in [0.29, 0.717) is 5.88 Å². The first-order valence-corrected chi connectivity index (χ1v) is 3.99. The number of ether oxygens (including phenoxy) is 1. The Morgan fingerprint density at radius 2 is 2.42 bits per heavy atom. The third kappa shape index (κ3) is 1.25. The lowest BCUT2D eigenvalue weighted by atomic mass is 10.2. The normalized spacial score (nSPS) is 15.4. The monoisotopic (exact) mass is 165 g/mol. The van der Waals surface area contributed by atoms with Gasteiger partial charge in [-0.2, -0.15) is 0 Å². The van der Waals surface area contributed by atoms with E-state index in [1.54, 1.807) is 13.3 Å². The Balaban J connectivity index is 2.36. The highest BCUT2D eigenvalue weighted by Crippen LogP contribution is 2.12. The van der Waals surface area contributed by atoms with Crippen molar-refractivity contribution in [3.8, 4) is 5.88 Å². The molecule has 0 saturated carbocycles. The average molecular weight is 165 g/mol. The Kier molecular flexibility index (Phi) is 1.91. The van der Waals surface area contributed by atoms with E-state index in [2.05, 4.69) is 15.3 Å². The van der Waals surface area contributed by atoms with E-state index in [0.717, 1.165) is 30.9 Å². The fraction of sp³-hybridized carbons (Fsp3) is 0.500. The van der Waals surface area contributed by atoms with Gasteiger partial charge in [0, 0.05) is 19.5 Å². The Labute approximate surface area is 71.0 Å². The van der Waals surface area contributed by atoms with Gasteiger partial charge in [0.2, 0.25) is 5.88 Å². The summed E-state index contributed by atoms with van der Waals surface area (Å²) in [4.78, 5) is 8.55. The molecule has 0 aromatic carbocycles. The number of methoxy groups -OCH3 is 1. The number of rotatable bonds is 1. The van der Waals surface area contributed by atoms with Gasteiger partial charge < -0.3 is 10.1 Å². The number of nitrogens with zero attached hydrogens (tertiary/aromatic N) is 2. The van der Waals surface area contributed by atoms with Gasteiger partial charge in [0.05, 0.1) is 24.7 Å². The van der Waals surface area contributed by atoms with Crippen LogP contribution in [0.4, 0.5) is 0 Å². The zero-order valence-corrected chi connectivity index (χ0v) is 7.00. The average Bonchev–Trinajstić information content (AvgIpc) is 2.17. The summed E-state index contributed by atoms with van der Waals surface area (Å²) in [5.41, 5.74) is 2.11. The highest BCUT2D eigenvalue weighted by Gasteiger charge is 2.11. The molecule has 0 amide bonds. The van der Waals surface area contributed by atoms with Crippen LogP contribution in [-0.2, 0) is 13.0 Å². The molecule has 0 atom stereocenters. The number of aromatic nitrogens is 2.